The number of amides is 1. The van der Waals surface area contributed by atoms with Gasteiger partial charge in [0.15, 0.2) is 28.8 Å². The SMILES string of the molecule is CCc1cc(Nc2nccn3c(-c4ccc(OC)c(F)c4F)cnc23)ccc1C(=O)NCC(=O)/C=C/CCN(C)C. The van der Waals surface area contributed by atoms with Gasteiger partial charge in [-0.3, -0.25) is 14.0 Å². The molecule has 0 atom stereocenters. The van der Waals surface area contributed by atoms with Crippen LogP contribution in [0.2, 0.25) is 0 Å². The summed E-state index contributed by atoms with van der Waals surface area (Å²) in [5, 5.41) is 5.89. The third-order valence-corrected chi connectivity index (χ3v) is 6.43. The van der Waals surface area contributed by atoms with Crippen molar-refractivity contribution < 1.29 is 23.1 Å². The number of hydrogen-bond acceptors (Lipinski definition) is 7. The molecular weight excluding hydrogens is 530 g/mol. The highest BCUT2D eigenvalue weighted by molar-refractivity contribution is 6.00. The number of methoxy groups -OCH3 is 1. The van der Waals surface area contributed by atoms with Crippen LogP contribution in [0.3, 0.4) is 0 Å². The number of nitrogens with zero attached hydrogens (tertiary/aromatic N) is 4. The van der Waals surface area contributed by atoms with Crippen LogP contribution in [0.15, 0.2) is 61.1 Å². The van der Waals surface area contributed by atoms with Gasteiger partial charge in [0.25, 0.3) is 5.91 Å². The Morgan fingerprint density at radius 2 is 1.93 bits per heavy atom. The monoisotopic (exact) mass is 562 g/mol. The Morgan fingerprint density at radius 3 is 2.66 bits per heavy atom. The first-order chi connectivity index (χ1) is 19.7. The molecule has 2 aromatic heterocycles. The number of carbonyl (C=O) groups is 2. The predicted molar refractivity (Wildman–Crippen MR) is 154 cm³/mol. The number of aromatic nitrogens is 3. The van der Waals surface area contributed by atoms with Crippen LogP contribution in [0.1, 0.15) is 29.3 Å². The van der Waals surface area contributed by atoms with Crippen molar-refractivity contribution in [2.24, 2.45) is 0 Å². The number of fused-ring (bicyclic) bond motifs is 1. The van der Waals surface area contributed by atoms with Crippen LogP contribution >= 0.6 is 0 Å². The molecule has 9 nitrogen and oxygen atoms in total. The molecular formula is C30H32F2N6O3. The number of benzene rings is 2. The maximum atomic E-state index is 14.8. The summed E-state index contributed by atoms with van der Waals surface area (Å²) >= 11 is 0. The summed E-state index contributed by atoms with van der Waals surface area (Å²) in [4.78, 5) is 35.7. The van der Waals surface area contributed by atoms with E-state index < -0.39 is 11.6 Å². The Hall–Kier alpha value is -4.64. The molecule has 1 amide bonds. The van der Waals surface area contributed by atoms with Gasteiger partial charge in [0.1, 0.15) is 0 Å². The smallest absolute Gasteiger partial charge is 0.251 e. The Bertz CT molecular complexity index is 1600. The number of imidazole rings is 1. The predicted octanol–water partition coefficient (Wildman–Crippen LogP) is 4.80. The minimum absolute atomic E-state index is 0.0270. The first-order valence-corrected chi connectivity index (χ1v) is 13.1. The van der Waals surface area contributed by atoms with Crippen molar-refractivity contribution in [3.63, 3.8) is 0 Å². The molecule has 0 radical (unpaired) electrons. The van der Waals surface area contributed by atoms with E-state index in [1.165, 1.54) is 37.7 Å². The molecule has 0 fully saturated rings. The molecule has 0 unspecified atom stereocenters. The summed E-state index contributed by atoms with van der Waals surface area (Å²) in [5.41, 5.74) is 2.66. The van der Waals surface area contributed by atoms with Crippen molar-refractivity contribution in [2.75, 3.05) is 39.6 Å². The van der Waals surface area contributed by atoms with Gasteiger partial charge in [-0.2, -0.15) is 4.39 Å². The average Bonchev–Trinajstić information content (AvgIpc) is 3.40. The summed E-state index contributed by atoms with van der Waals surface area (Å²) in [5.74, 6) is -2.43. The third-order valence-electron chi connectivity index (χ3n) is 6.43. The van der Waals surface area contributed by atoms with Gasteiger partial charge in [-0.1, -0.05) is 13.0 Å². The molecule has 0 aliphatic carbocycles. The molecule has 2 aromatic carbocycles. The molecule has 0 saturated heterocycles. The number of hydrogen-bond donors (Lipinski definition) is 2. The lowest BCUT2D eigenvalue weighted by Crippen LogP contribution is -2.29. The zero-order chi connectivity index (χ0) is 29.5. The summed E-state index contributed by atoms with van der Waals surface area (Å²) in [6, 6.07) is 8.02. The normalized spacial score (nSPS) is 11.4. The van der Waals surface area contributed by atoms with E-state index >= 15 is 0 Å². The summed E-state index contributed by atoms with van der Waals surface area (Å²) in [7, 11) is 5.19. The first kappa shape index (κ1) is 29.3. The molecule has 0 aliphatic heterocycles. The zero-order valence-electron chi connectivity index (χ0n) is 23.4. The van der Waals surface area contributed by atoms with Crippen LogP contribution in [0.25, 0.3) is 16.9 Å². The second-order valence-electron chi connectivity index (χ2n) is 9.55. The number of aryl methyl sites for hydroxylation is 1. The Balaban J connectivity index is 1.50. The van der Waals surface area contributed by atoms with Crippen LogP contribution in [0, 0.1) is 11.6 Å². The fraction of sp³-hybridized carbons (Fsp3) is 0.267. The second kappa shape index (κ2) is 13.1. The van der Waals surface area contributed by atoms with E-state index in [1.807, 2.05) is 32.0 Å². The van der Waals surface area contributed by atoms with E-state index in [9.17, 15) is 18.4 Å². The van der Waals surface area contributed by atoms with E-state index in [-0.39, 0.29) is 29.5 Å². The Labute approximate surface area is 236 Å². The minimum atomic E-state index is -1.08. The highest BCUT2D eigenvalue weighted by atomic mass is 19.2. The topological polar surface area (TPSA) is 101 Å². The largest absolute Gasteiger partial charge is 0.494 e. The molecule has 11 heteroatoms. The minimum Gasteiger partial charge on any atom is -0.494 e. The standard InChI is InChI=1S/C30H32F2N6O3/c1-5-19-16-20(9-10-22(19)30(40)35-17-21(39)8-6-7-14-37(2)3)36-28-29-34-18-24(38(29)15-13-33-28)23-11-12-25(41-4)27(32)26(23)31/h6,8-13,15-16,18H,5,7,14,17H2,1-4H3,(H,33,36)(H,35,40)/b8-6+. The lowest BCUT2D eigenvalue weighted by atomic mass is 10.0. The molecule has 0 saturated carbocycles. The highest BCUT2D eigenvalue weighted by Crippen LogP contribution is 2.31. The maximum absolute atomic E-state index is 14.8. The summed E-state index contributed by atoms with van der Waals surface area (Å²) < 4.78 is 35.6. The van der Waals surface area contributed by atoms with Crippen molar-refractivity contribution in [3.8, 4) is 17.0 Å². The fourth-order valence-corrected chi connectivity index (χ4v) is 4.29. The van der Waals surface area contributed by atoms with Gasteiger partial charge in [-0.25, -0.2) is 14.4 Å². The quantitative estimate of drug-likeness (QED) is 0.239. The number of ketones is 1. The van der Waals surface area contributed by atoms with Crippen LogP contribution in [0.4, 0.5) is 20.3 Å². The van der Waals surface area contributed by atoms with Gasteiger partial charge in [-0.15, -0.1) is 0 Å². The van der Waals surface area contributed by atoms with Crippen LogP contribution in [0.5, 0.6) is 5.75 Å². The number of rotatable bonds is 12. The molecule has 41 heavy (non-hydrogen) atoms. The number of anilines is 2. The number of halogens is 2. The summed E-state index contributed by atoms with van der Waals surface area (Å²) in [6.45, 7) is 2.67. The van der Waals surface area contributed by atoms with Crippen molar-refractivity contribution in [3.05, 3.63) is 83.8 Å². The van der Waals surface area contributed by atoms with Gasteiger partial charge >= 0.3 is 0 Å². The third kappa shape index (κ3) is 6.75. The lowest BCUT2D eigenvalue weighted by Gasteiger charge is -2.13. The van der Waals surface area contributed by atoms with Crippen LogP contribution in [-0.4, -0.2) is 65.3 Å². The first-order valence-electron chi connectivity index (χ1n) is 13.1. The van der Waals surface area contributed by atoms with E-state index in [2.05, 4.69) is 20.6 Å². The van der Waals surface area contributed by atoms with Gasteiger partial charge in [-0.05, 0) is 68.9 Å². The molecule has 0 bridgehead atoms. The fourth-order valence-electron chi connectivity index (χ4n) is 4.29. The Morgan fingerprint density at radius 1 is 1.12 bits per heavy atom. The van der Waals surface area contributed by atoms with E-state index in [4.69, 9.17) is 4.74 Å². The van der Waals surface area contributed by atoms with Gasteiger partial charge < -0.3 is 20.3 Å². The average molecular weight is 563 g/mol. The van der Waals surface area contributed by atoms with Crippen molar-refractivity contribution in [2.45, 2.75) is 19.8 Å². The molecule has 2 heterocycles. The van der Waals surface area contributed by atoms with Crippen molar-refractivity contribution >= 4 is 28.8 Å². The van der Waals surface area contributed by atoms with Gasteiger partial charge in [0.05, 0.1) is 25.5 Å². The molecule has 4 aromatic rings. The van der Waals surface area contributed by atoms with Crippen LogP contribution in [-0.2, 0) is 11.2 Å². The van der Waals surface area contributed by atoms with Gasteiger partial charge in [0.2, 0.25) is 5.82 Å². The van der Waals surface area contributed by atoms with Crippen LogP contribution < -0.4 is 15.4 Å². The number of carbonyl (C=O) groups excluding carboxylic acids is 2. The summed E-state index contributed by atoms with van der Waals surface area (Å²) in [6.07, 6.45) is 9.18. The van der Waals surface area contributed by atoms with Gasteiger partial charge in [0, 0.05) is 35.8 Å². The molecule has 2 N–H and O–H groups in total. The molecule has 214 valence electrons. The molecule has 0 aliphatic rings. The van der Waals surface area contributed by atoms with E-state index in [0.717, 1.165) is 18.5 Å². The number of nitrogens with one attached hydrogen (secondary N) is 2. The van der Waals surface area contributed by atoms with E-state index in [1.54, 1.807) is 28.8 Å². The number of ether oxygens (including phenoxy) is 1. The zero-order valence-corrected chi connectivity index (χ0v) is 23.4. The van der Waals surface area contributed by atoms with Crippen molar-refractivity contribution in [1.82, 2.24) is 24.6 Å². The molecule has 0 spiro atoms. The van der Waals surface area contributed by atoms with E-state index in [0.29, 0.717) is 34.8 Å². The molecule has 4 rings (SSSR count). The lowest BCUT2D eigenvalue weighted by molar-refractivity contribution is -0.113. The highest BCUT2D eigenvalue weighted by Gasteiger charge is 2.19. The maximum Gasteiger partial charge on any atom is 0.251 e. The van der Waals surface area contributed by atoms with Crippen molar-refractivity contribution in [1.29, 1.82) is 0 Å². The Kier molecular flexibility index (Phi) is 9.41. The second-order valence-corrected chi connectivity index (χ2v) is 9.55.